The maximum Gasteiger partial charge on any atom is 0.174 e. The Morgan fingerprint density at radius 3 is 2.65 bits per heavy atom. The van der Waals surface area contributed by atoms with Gasteiger partial charge >= 0.3 is 0 Å². The third-order valence-electron chi connectivity index (χ3n) is 6.23. The van der Waals surface area contributed by atoms with E-state index in [-0.39, 0.29) is 0 Å². The van der Waals surface area contributed by atoms with E-state index in [1.807, 2.05) is 42.8 Å². The molecule has 170 valence electrons. The molecule has 0 aliphatic carbocycles. The van der Waals surface area contributed by atoms with E-state index >= 15 is 0 Å². The van der Waals surface area contributed by atoms with E-state index in [0.717, 1.165) is 34.6 Å². The fourth-order valence-corrected chi connectivity index (χ4v) is 4.51. The molecule has 5 rings (SSSR count). The van der Waals surface area contributed by atoms with Crippen LogP contribution in [0.2, 0.25) is 0 Å². The van der Waals surface area contributed by atoms with Gasteiger partial charge in [-0.2, -0.15) is 10.4 Å². The molecule has 0 saturated carbocycles. The van der Waals surface area contributed by atoms with Gasteiger partial charge in [-0.05, 0) is 73.7 Å². The summed E-state index contributed by atoms with van der Waals surface area (Å²) < 4.78 is 31.1. The number of hydrogen-bond acceptors (Lipinski definition) is 4. The number of nitriles is 1. The Kier molecular flexibility index (Phi) is 5.33. The molecule has 2 aromatic carbocycles. The predicted molar refractivity (Wildman–Crippen MR) is 124 cm³/mol. The molecular formula is C26H22F2N6. The van der Waals surface area contributed by atoms with Crippen molar-refractivity contribution in [3.05, 3.63) is 94.6 Å². The number of nitrogens with zero attached hydrogens (tertiary/aromatic N) is 6. The van der Waals surface area contributed by atoms with Crippen LogP contribution in [-0.2, 0) is 12.0 Å². The minimum atomic E-state index is -1.17. The van der Waals surface area contributed by atoms with Crippen molar-refractivity contribution >= 4 is 12.2 Å². The quantitative estimate of drug-likeness (QED) is 0.427. The van der Waals surface area contributed by atoms with Gasteiger partial charge in [0.05, 0.1) is 18.1 Å². The van der Waals surface area contributed by atoms with Crippen LogP contribution in [0.15, 0.2) is 48.9 Å². The summed E-state index contributed by atoms with van der Waals surface area (Å²) in [5, 5.41) is 14.7. The summed E-state index contributed by atoms with van der Waals surface area (Å²) in [6.07, 6.45) is 8.63. The maximum atomic E-state index is 14.0. The molecule has 1 aliphatic heterocycles. The highest BCUT2D eigenvalue weighted by molar-refractivity contribution is 5.68. The molecule has 0 saturated heterocycles. The summed E-state index contributed by atoms with van der Waals surface area (Å²) in [6.45, 7) is 4.61. The van der Waals surface area contributed by atoms with Crippen LogP contribution in [0.25, 0.3) is 17.8 Å². The molecule has 34 heavy (non-hydrogen) atoms. The molecule has 6 nitrogen and oxygen atoms in total. The van der Waals surface area contributed by atoms with Gasteiger partial charge in [0, 0.05) is 18.4 Å². The molecule has 0 radical (unpaired) electrons. The zero-order valence-corrected chi connectivity index (χ0v) is 18.8. The van der Waals surface area contributed by atoms with Crippen molar-refractivity contribution in [1.29, 1.82) is 5.26 Å². The second-order valence-electron chi connectivity index (χ2n) is 8.57. The van der Waals surface area contributed by atoms with Crippen LogP contribution in [-0.4, -0.2) is 24.3 Å². The van der Waals surface area contributed by atoms with Crippen LogP contribution in [0.1, 0.15) is 46.9 Å². The standard InChI is InChI=1S/C26H22F2N6/c1-17-12-19(4-8-23(17)33-14-18(2)30-16-33)5-9-24-31-25-26(15-29,10-3-11-34(25)32-24)20-6-7-21(27)22(28)13-20/h4-9,12-14,16H,3,10-11H2,1-2H3/b9-5+/t26-/m1/s1. The Labute approximate surface area is 195 Å². The lowest BCUT2D eigenvalue weighted by Crippen LogP contribution is -2.34. The normalized spacial score (nSPS) is 17.6. The van der Waals surface area contributed by atoms with Crippen molar-refractivity contribution in [2.75, 3.05) is 0 Å². The lowest BCUT2D eigenvalue weighted by atomic mass is 9.75. The largest absolute Gasteiger partial charge is 0.306 e. The molecule has 0 fully saturated rings. The van der Waals surface area contributed by atoms with Crippen LogP contribution >= 0.6 is 0 Å². The molecule has 0 amide bonds. The highest BCUT2D eigenvalue weighted by Gasteiger charge is 2.42. The Balaban J connectivity index is 1.46. The lowest BCUT2D eigenvalue weighted by Gasteiger charge is -2.30. The van der Waals surface area contributed by atoms with Crippen molar-refractivity contribution in [2.45, 2.75) is 38.6 Å². The fraction of sp³-hybridized carbons (Fsp3) is 0.231. The van der Waals surface area contributed by atoms with Crippen molar-refractivity contribution in [1.82, 2.24) is 24.3 Å². The molecule has 2 aromatic heterocycles. The summed E-state index contributed by atoms with van der Waals surface area (Å²) in [4.78, 5) is 8.90. The van der Waals surface area contributed by atoms with Gasteiger partial charge in [-0.3, -0.25) is 0 Å². The first-order valence-corrected chi connectivity index (χ1v) is 11.0. The Hall–Kier alpha value is -4.12. The second-order valence-corrected chi connectivity index (χ2v) is 8.57. The minimum Gasteiger partial charge on any atom is -0.306 e. The van der Waals surface area contributed by atoms with Crippen LogP contribution in [0.4, 0.5) is 8.78 Å². The molecule has 1 aliphatic rings. The van der Waals surface area contributed by atoms with Gasteiger partial charge in [0.2, 0.25) is 0 Å². The van der Waals surface area contributed by atoms with E-state index in [1.54, 1.807) is 17.1 Å². The van der Waals surface area contributed by atoms with Gasteiger partial charge < -0.3 is 4.57 Å². The second kappa shape index (κ2) is 8.34. The Bertz CT molecular complexity index is 1460. The average Bonchev–Trinajstić information content (AvgIpc) is 3.45. The first kappa shape index (κ1) is 21.7. The molecule has 0 spiro atoms. The molecular weight excluding hydrogens is 434 g/mol. The van der Waals surface area contributed by atoms with Gasteiger partial charge in [0.15, 0.2) is 23.3 Å². The third kappa shape index (κ3) is 3.69. The number of rotatable bonds is 4. The van der Waals surface area contributed by atoms with Crippen LogP contribution in [0.5, 0.6) is 0 Å². The van der Waals surface area contributed by atoms with Crippen molar-refractivity contribution in [3.8, 4) is 11.8 Å². The van der Waals surface area contributed by atoms with Crippen molar-refractivity contribution < 1.29 is 8.78 Å². The van der Waals surface area contributed by atoms with E-state index in [9.17, 15) is 14.0 Å². The molecule has 0 unspecified atom stereocenters. The molecule has 0 N–H and O–H groups in total. The number of imidazole rings is 1. The van der Waals surface area contributed by atoms with E-state index in [0.29, 0.717) is 36.6 Å². The molecule has 0 bridgehead atoms. The first-order valence-electron chi connectivity index (χ1n) is 11.0. The zero-order chi connectivity index (χ0) is 23.9. The molecule has 1 atom stereocenters. The smallest absolute Gasteiger partial charge is 0.174 e. The fourth-order valence-electron chi connectivity index (χ4n) is 4.51. The van der Waals surface area contributed by atoms with E-state index < -0.39 is 17.0 Å². The lowest BCUT2D eigenvalue weighted by molar-refractivity contribution is 0.390. The summed E-state index contributed by atoms with van der Waals surface area (Å²) in [5.74, 6) is -1.00. The molecule has 8 heteroatoms. The van der Waals surface area contributed by atoms with Crippen LogP contribution in [0, 0.1) is 36.8 Å². The van der Waals surface area contributed by atoms with Gasteiger partial charge in [-0.15, -0.1) is 0 Å². The van der Waals surface area contributed by atoms with Gasteiger partial charge in [-0.25, -0.2) is 23.4 Å². The highest BCUT2D eigenvalue weighted by atomic mass is 19.2. The Morgan fingerprint density at radius 1 is 1.09 bits per heavy atom. The van der Waals surface area contributed by atoms with E-state index in [2.05, 4.69) is 27.2 Å². The number of hydrogen-bond donors (Lipinski definition) is 0. The predicted octanol–water partition coefficient (Wildman–Crippen LogP) is 5.13. The number of halogens is 2. The molecule has 3 heterocycles. The number of aromatic nitrogens is 5. The van der Waals surface area contributed by atoms with E-state index in [1.165, 1.54) is 6.07 Å². The van der Waals surface area contributed by atoms with Crippen LogP contribution < -0.4 is 0 Å². The van der Waals surface area contributed by atoms with E-state index in [4.69, 9.17) is 0 Å². The summed E-state index contributed by atoms with van der Waals surface area (Å²) in [7, 11) is 0. The van der Waals surface area contributed by atoms with Gasteiger partial charge in [0.1, 0.15) is 5.41 Å². The number of benzene rings is 2. The third-order valence-corrected chi connectivity index (χ3v) is 6.23. The summed E-state index contributed by atoms with van der Waals surface area (Å²) in [5.41, 5.74) is 3.30. The van der Waals surface area contributed by atoms with Gasteiger partial charge in [0.25, 0.3) is 0 Å². The summed E-state index contributed by atoms with van der Waals surface area (Å²) >= 11 is 0. The topological polar surface area (TPSA) is 72.3 Å². The first-order chi connectivity index (χ1) is 16.4. The molecule has 4 aromatic rings. The SMILES string of the molecule is Cc1cn(-c2ccc(/C=C/c3nc4n(n3)CCC[C@@]4(C#N)c3ccc(F)c(F)c3)cc2C)cn1. The minimum absolute atomic E-state index is 0.388. The van der Waals surface area contributed by atoms with Crippen molar-refractivity contribution in [2.24, 2.45) is 0 Å². The average molecular weight is 457 g/mol. The maximum absolute atomic E-state index is 14.0. The van der Waals surface area contributed by atoms with Crippen LogP contribution in [0.3, 0.4) is 0 Å². The summed E-state index contributed by atoms with van der Waals surface area (Å²) in [6, 6.07) is 12.0. The Morgan fingerprint density at radius 2 is 1.94 bits per heavy atom. The monoisotopic (exact) mass is 456 g/mol. The van der Waals surface area contributed by atoms with Gasteiger partial charge in [-0.1, -0.05) is 18.2 Å². The highest BCUT2D eigenvalue weighted by Crippen LogP contribution is 2.39. The zero-order valence-electron chi connectivity index (χ0n) is 18.8. The van der Waals surface area contributed by atoms with Crippen molar-refractivity contribution in [3.63, 3.8) is 0 Å². The number of fused-ring (bicyclic) bond motifs is 1. The number of aryl methyl sites for hydroxylation is 3.